The fourth-order valence-corrected chi connectivity index (χ4v) is 3.05. The Hall–Kier alpha value is -0.650. The monoisotopic (exact) mass is 270 g/mol. The van der Waals surface area contributed by atoms with E-state index >= 15 is 0 Å². The number of carbonyl (C=O) groups is 1. The van der Waals surface area contributed by atoms with E-state index in [1.165, 1.54) is 0 Å². The molecule has 1 heterocycles. The van der Waals surface area contributed by atoms with E-state index in [2.05, 4.69) is 0 Å². The SMILES string of the molecule is COCCC[C@@]1(CO)CCCN(C(=O)C2(N)CC2)C1. The van der Waals surface area contributed by atoms with Gasteiger partial charge in [-0.2, -0.15) is 0 Å². The molecular weight excluding hydrogens is 244 g/mol. The second-order valence-corrected chi connectivity index (χ2v) is 6.24. The van der Waals surface area contributed by atoms with Crippen LogP contribution >= 0.6 is 0 Å². The highest BCUT2D eigenvalue weighted by molar-refractivity contribution is 5.89. The van der Waals surface area contributed by atoms with E-state index in [0.29, 0.717) is 13.2 Å². The van der Waals surface area contributed by atoms with Crippen molar-refractivity contribution in [1.29, 1.82) is 0 Å². The minimum atomic E-state index is -0.592. The van der Waals surface area contributed by atoms with Crippen LogP contribution in [0, 0.1) is 5.41 Å². The summed E-state index contributed by atoms with van der Waals surface area (Å²) in [6.07, 6.45) is 5.37. The molecule has 5 nitrogen and oxygen atoms in total. The van der Waals surface area contributed by atoms with Crippen molar-refractivity contribution in [3.05, 3.63) is 0 Å². The van der Waals surface area contributed by atoms with Gasteiger partial charge >= 0.3 is 0 Å². The molecular formula is C14H26N2O3. The van der Waals surface area contributed by atoms with E-state index in [-0.39, 0.29) is 17.9 Å². The second-order valence-electron chi connectivity index (χ2n) is 6.24. The first-order chi connectivity index (χ1) is 9.05. The van der Waals surface area contributed by atoms with Crippen LogP contribution in [0.5, 0.6) is 0 Å². The van der Waals surface area contributed by atoms with Crippen LogP contribution in [0.4, 0.5) is 0 Å². The summed E-state index contributed by atoms with van der Waals surface area (Å²) >= 11 is 0. The van der Waals surface area contributed by atoms with E-state index in [9.17, 15) is 9.90 Å². The van der Waals surface area contributed by atoms with Crippen LogP contribution in [0.2, 0.25) is 0 Å². The summed E-state index contributed by atoms with van der Waals surface area (Å²) in [4.78, 5) is 14.2. The number of hydrogen-bond acceptors (Lipinski definition) is 4. The lowest BCUT2D eigenvalue weighted by molar-refractivity contribution is -0.138. The third-order valence-corrected chi connectivity index (χ3v) is 4.55. The number of aliphatic hydroxyl groups is 1. The average molecular weight is 270 g/mol. The minimum Gasteiger partial charge on any atom is -0.396 e. The Kier molecular flexibility index (Phi) is 4.48. The predicted octanol–water partition coefficient (Wildman–Crippen LogP) is 0.505. The van der Waals surface area contributed by atoms with Gasteiger partial charge in [-0.05, 0) is 38.5 Å². The summed E-state index contributed by atoms with van der Waals surface area (Å²) in [6, 6.07) is 0. The van der Waals surface area contributed by atoms with Gasteiger partial charge in [0.1, 0.15) is 0 Å². The lowest BCUT2D eigenvalue weighted by Crippen LogP contribution is -2.53. The molecule has 0 aromatic heterocycles. The van der Waals surface area contributed by atoms with E-state index < -0.39 is 5.54 Å². The lowest BCUT2D eigenvalue weighted by atomic mass is 9.76. The maximum atomic E-state index is 12.3. The van der Waals surface area contributed by atoms with Gasteiger partial charge in [0, 0.05) is 32.2 Å². The summed E-state index contributed by atoms with van der Waals surface area (Å²) in [7, 11) is 1.69. The Morgan fingerprint density at radius 2 is 2.16 bits per heavy atom. The Morgan fingerprint density at radius 1 is 1.42 bits per heavy atom. The normalized spacial score (nSPS) is 29.3. The third-order valence-electron chi connectivity index (χ3n) is 4.55. The highest BCUT2D eigenvalue weighted by atomic mass is 16.5. The quantitative estimate of drug-likeness (QED) is 0.689. The smallest absolute Gasteiger partial charge is 0.242 e. The van der Waals surface area contributed by atoms with Crippen molar-refractivity contribution in [1.82, 2.24) is 4.90 Å². The van der Waals surface area contributed by atoms with E-state index in [1.807, 2.05) is 4.90 Å². The predicted molar refractivity (Wildman–Crippen MR) is 72.6 cm³/mol. The minimum absolute atomic E-state index is 0.0803. The molecule has 1 aliphatic carbocycles. The van der Waals surface area contributed by atoms with E-state index in [4.69, 9.17) is 10.5 Å². The summed E-state index contributed by atoms with van der Waals surface area (Å²) < 4.78 is 5.08. The molecule has 0 aromatic rings. The number of nitrogens with zero attached hydrogens (tertiary/aromatic N) is 1. The zero-order valence-corrected chi connectivity index (χ0v) is 11.9. The number of hydrogen-bond donors (Lipinski definition) is 2. The molecule has 0 radical (unpaired) electrons. The Morgan fingerprint density at radius 3 is 2.74 bits per heavy atom. The maximum Gasteiger partial charge on any atom is 0.242 e. The second kappa shape index (κ2) is 5.77. The van der Waals surface area contributed by atoms with Crippen LogP contribution in [0.3, 0.4) is 0 Å². The van der Waals surface area contributed by atoms with Crippen LogP contribution in [0.1, 0.15) is 38.5 Å². The molecule has 1 saturated carbocycles. The fraction of sp³-hybridized carbons (Fsp3) is 0.929. The number of likely N-dealkylation sites (tertiary alicyclic amines) is 1. The number of piperidine rings is 1. The van der Waals surface area contributed by atoms with Crippen molar-refractivity contribution in [2.75, 3.05) is 33.4 Å². The summed E-state index contributed by atoms with van der Waals surface area (Å²) in [5.74, 6) is 0.0803. The molecule has 1 aliphatic heterocycles. The maximum absolute atomic E-state index is 12.3. The molecule has 0 bridgehead atoms. The molecule has 1 atom stereocenters. The first kappa shape index (κ1) is 14.8. The van der Waals surface area contributed by atoms with Crippen LogP contribution in [0.15, 0.2) is 0 Å². The van der Waals surface area contributed by atoms with Gasteiger partial charge in [0.05, 0.1) is 12.1 Å². The van der Waals surface area contributed by atoms with Crippen molar-refractivity contribution >= 4 is 5.91 Å². The van der Waals surface area contributed by atoms with E-state index in [0.717, 1.165) is 45.1 Å². The van der Waals surface area contributed by atoms with Crippen LogP contribution < -0.4 is 5.73 Å². The number of carbonyl (C=O) groups excluding carboxylic acids is 1. The van der Waals surface area contributed by atoms with Crippen molar-refractivity contribution in [3.63, 3.8) is 0 Å². The lowest BCUT2D eigenvalue weighted by Gasteiger charge is -2.42. The fourth-order valence-electron chi connectivity index (χ4n) is 3.05. The van der Waals surface area contributed by atoms with Gasteiger partial charge in [0.2, 0.25) is 5.91 Å². The standard InChI is InChI=1S/C14H26N2O3/c1-19-9-3-5-13(11-17)4-2-8-16(10-13)12(18)14(15)6-7-14/h17H,2-11,15H2,1H3/t13-/m0/s1. The topological polar surface area (TPSA) is 75.8 Å². The van der Waals surface area contributed by atoms with Gasteiger partial charge in [-0.3, -0.25) is 4.79 Å². The molecule has 0 aromatic carbocycles. The Bertz CT molecular complexity index is 331. The average Bonchev–Trinajstić information content (AvgIpc) is 3.18. The van der Waals surface area contributed by atoms with E-state index in [1.54, 1.807) is 7.11 Å². The van der Waals surface area contributed by atoms with Crippen molar-refractivity contribution in [2.45, 2.75) is 44.1 Å². The van der Waals surface area contributed by atoms with Crippen molar-refractivity contribution in [3.8, 4) is 0 Å². The number of ether oxygens (including phenoxy) is 1. The first-order valence-electron chi connectivity index (χ1n) is 7.23. The first-order valence-corrected chi connectivity index (χ1v) is 7.23. The number of amides is 1. The van der Waals surface area contributed by atoms with Crippen molar-refractivity contribution < 1.29 is 14.6 Å². The highest BCUT2D eigenvalue weighted by Gasteiger charge is 2.50. The van der Waals surface area contributed by atoms with Gasteiger partial charge < -0.3 is 20.5 Å². The van der Waals surface area contributed by atoms with Crippen LogP contribution in [-0.4, -0.2) is 54.9 Å². The number of rotatable bonds is 6. The Balaban J connectivity index is 1.95. The summed E-state index contributed by atoms with van der Waals surface area (Å²) in [5.41, 5.74) is 5.25. The van der Waals surface area contributed by atoms with Gasteiger partial charge in [-0.15, -0.1) is 0 Å². The molecule has 2 aliphatic rings. The molecule has 2 rings (SSSR count). The molecule has 1 saturated heterocycles. The largest absolute Gasteiger partial charge is 0.396 e. The number of methoxy groups -OCH3 is 1. The summed E-state index contributed by atoms with van der Waals surface area (Å²) in [5, 5.41) is 9.75. The highest BCUT2D eigenvalue weighted by Crippen LogP contribution is 2.39. The van der Waals surface area contributed by atoms with Crippen LogP contribution in [0.25, 0.3) is 0 Å². The molecule has 0 unspecified atom stereocenters. The Labute approximate surface area is 115 Å². The molecule has 1 amide bonds. The molecule has 2 fully saturated rings. The molecule has 0 spiro atoms. The van der Waals surface area contributed by atoms with Gasteiger partial charge in [-0.1, -0.05) is 0 Å². The van der Waals surface area contributed by atoms with Crippen molar-refractivity contribution in [2.24, 2.45) is 11.1 Å². The summed E-state index contributed by atoms with van der Waals surface area (Å²) in [6.45, 7) is 2.27. The molecule has 110 valence electrons. The molecule has 5 heteroatoms. The van der Waals surface area contributed by atoms with Gasteiger partial charge in [-0.25, -0.2) is 0 Å². The van der Waals surface area contributed by atoms with Crippen LogP contribution in [-0.2, 0) is 9.53 Å². The van der Waals surface area contributed by atoms with Gasteiger partial charge in [0.25, 0.3) is 0 Å². The number of aliphatic hydroxyl groups excluding tert-OH is 1. The zero-order chi connectivity index (χ0) is 13.9. The number of nitrogens with two attached hydrogens (primary N) is 1. The molecule has 3 N–H and O–H groups in total. The van der Waals surface area contributed by atoms with Gasteiger partial charge in [0.15, 0.2) is 0 Å². The zero-order valence-electron chi connectivity index (χ0n) is 11.9. The molecule has 19 heavy (non-hydrogen) atoms. The third kappa shape index (κ3) is 3.27.